The highest BCUT2D eigenvalue weighted by Gasteiger charge is 2.22. The molecule has 0 bridgehead atoms. The van der Waals surface area contributed by atoms with Crippen LogP contribution in [0.4, 0.5) is 21.7 Å². The van der Waals surface area contributed by atoms with E-state index in [0.717, 1.165) is 18.2 Å². The van der Waals surface area contributed by atoms with Crippen molar-refractivity contribution in [3.05, 3.63) is 91.8 Å². The molecule has 2 aromatic heterocycles. The number of aromatic nitrogens is 4. The summed E-state index contributed by atoms with van der Waals surface area (Å²) in [5.41, 5.74) is 5.48. The van der Waals surface area contributed by atoms with Crippen molar-refractivity contribution in [1.82, 2.24) is 41.2 Å². The highest BCUT2D eigenvalue weighted by atomic mass is 19.1. The number of nitrogen functional groups attached to an aromatic ring is 1. The van der Waals surface area contributed by atoms with E-state index in [1.165, 1.54) is 18.3 Å². The molecule has 23 heteroatoms. The van der Waals surface area contributed by atoms with Crippen LogP contribution in [0.5, 0.6) is 0 Å². The third-order valence-corrected chi connectivity index (χ3v) is 7.92. The SMILES string of the molecule is Nc1nc2ncc(CNc3ccc(C(=O)NC(CCC(=O)NCCNC(=O)CCOCCOCCNC(=O)c4cc([N+](=O)[O-])ccc4F)C(=O)O)cc3)nc2c(=O)[nH]1. The number of nitrogens with zero attached hydrogens (tertiary/aromatic N) is 4. The van der Waals surface area contributed by atoms with E-state index in [0.29, 0.717) is 11.4 Å². The van der Waals surface area contributed by atoms with Gasteiger partial charge in [-0.1, -0.05) is 0 Å². The van der Waals surface area contributed by atoms with Gasteiger partial charge in [-0.15, -0.1) is 0 Å². The molecule has 0 saturated heterocycles. The highest BCUT2D eigenvalue weighted by Crippen LogP contribution is 2.17. The molecule has 4 aromatic rings. The lowest BCUT2D eigenvalue weighted by Crippen LogP contribution is -2.42. The van der Waals surface area contributed by atoms with Crippen LogP contribution < -0.4 is 37.9 Å². The van der Waals surface area contributed by atoms with E-state index in [1.807, 2.05) is 0 Å². The predicted octanol–water partition coefficient (Wildman–Crippen LogP) is 0.00360. The molecule has 0 spiro atoms. The predicted molar refractivity (Wildman–Crippen MR) is 202 cm³/mol. The maximum absolute atomic E-state index is 13.8. The van der Waals surface area contributed by atoms with Crippen LogP contribution in [0.1, 0.15) is 45.7 Å². The van der Waals surface area contributed by atoms with Gasteiger partial charge >= 0.3 is 5.97 Å². The molecule has 2 aromatic carbocycles. The van der Waals surface area contributed by atoms with Crippen LogP contribution in [0.15, 0.2) is 53.5 Å². The maximum Gasteiger partial charge on any atom is 0.326 e. The van der Waals surface area contributed by atoms with Crippen molar-refractivity contribution in [2.24, 2.45) is 0 Å². The molecule has 9 N–H and O–H groups in total. The van der Waals surface area contributed by atoms with Crippen molar-refractivity contribution in [2.75, 3.05) is 57.1 Å². The summed E-state index contributed by atoms with van der Waals surface area (Å²) in [7, 11) is 0. The number of non-ortho nitro benzene ring substituents is 1. The standard InChI is InChI=1S/C35H40FN11O11/c36-25-6-5-23(47(55)56)17-24(25)32(51)40-12-14-58-16-15-57-13-9-28(49)39-11-10-38-27(48)8-7-26(34(53)54)44-31(50)20-1-3-21(4-2-20)41-18-22-19-42-30-29(43-22)33(52)46-35(37)45-30/h1-6,17,19,26,41H,7-16,18H2,(H,38,48)(H,39,49)(H,40,51)(H,44,50)(H,53,54)(H3,37,42,45,46,52). The number of rotatable bonds is 23. The topological polar surface area (TPSA) is 325 Å². The molecular weight excluding hydrogens is 769 g/mol. The van der Waals surface area contributed by atoms with Gasteiger partial charge in [0.1, 0.15) is 11.9 Å². The molecular formula is C35H40FN11O11. The van der Waals surface area contributed by atoms with Crippen molar-refractivity contribution in [3.63, 3.8) is 0 Å². The Morgan fingerprint density at radius 2 is 1.59 bits per heavy atom. The molecule has 2 heterocycles. The average molecular weight is 810 g/mol. The maximum atomic E-state index is 13.8. The van der Waals surface area contributed by atoms with Crippen LogP contribution in [-0.4, -0.2) is 112 Å². The van der Waals surface area contributed by atoms with Gasteiger partial charge in [-0.3, -0.25) is 39.1 Å². The number of aromatic amines is 1. The van der Waals surface area contributed by atoms with E-state index in [4.69, 9.17) is 15.2 Å². The number of carbonyl (C=O) groups excluding carboxylic acids is 4. The van der Waals surface area contributed by atoms with Crippen molar-refractivity contribution < 1.29 is 47.9 Å². The monoisotopic (exact) mass is 809 g/mol. The third kappa shape index (κ3) is 13.9. The Kier molecular flexibility index (Phi) is 16.4. The second-order valence-corrected chi connectivity index (χ2v) is 12.2. The number of carboxylic acids is 1. The summed E-state index contributed by atoms with van der Waals surface area (Å²) in [6.07, 6.45) is 1.07. The summed E-state index contributed by atoms with van der Waals surface area (Å²) >= 11 is 0. The first kappa shape index (κ1) is 43.6. The fourth-order valence-corrected chi connectivity index (χ4v) is 4.96. The second-order valence-electron chi connectivity index (χ2n) is 12.2. The normalized spacial score (nSPS) is 11.3. The van der Waals surface area contributed by atoms with E-state index in [1.54, 1.807) is 12.1 Å². The molecule has 0 aliphatic heterocycles. The Labute approximate surface area is 327 Å². The zero-order valence-corrected chi connectivity index (χ0v) is 30.7. The zero-order valence-electron chi connectivity index (χ0n) is 30.7. The number of nitro groups is 1. The minimum atomic E-state index is -1.35. The van der Waals surface area contributed by atoms with Crippen LogP contribution in [0.25, 0.3) is 11.2 Å². The van der Waals surface area contributed by atoms with Crippen LogP contribution in [0.3, 0.4) is 0 Å². The van der Waals surface area contributed by atoms with Crippen LogP contribution >= 0.6 is 0 Å². The number of aliphatic carboxylic acids is 1. The van der Waals surface area contributed by atoms with E-state index in [9.17, 15) is 48.4 Å². The minimum absolute atomic E-state index is 0.0145. The summed E-state index contributed by atoms with van der Waals surface area (Å²) in [5.74, 6) is -4.60. The minimum Gasteiger partial charge on any atom is -0.480 e. The van der Waals surface area contributed by atoms with Gasteiger partial charge in [0.15, 0.2) is 11.2 Å². The number of carbonyl (C=O) groups is 5. The summed E-state index contributed by atoms with van der Waals surface area (Å²) in [6, 6.07) is 7.44. The number of halogens is 1. The number of amides is 4. The average Bonchev–Trinajstić information content (AvgIpc) is 3.19. The van der Waals surface area contributed by atoms with Crippen LogP contribution in [-0.2, 0) is 30.4 Å². The molecule has 0 radical (unpaired) electrons. The lowest BCUT2D eigenvalue weighted by molar-refractivity contribution is -0.384. The molecule has 0 saturated carbocycles. The summed E-state index contributed by atoms with van der Waals surface area (Å²) < 4.78 is 24.4. The number of carboxylic acid groups (broad SMARTS) is 1. The Morgan fingerprint density at radius 1 is 0.897 bits per heavy atom. The lowest BCUT2D eigenvalue weighted by atomic mass is 10.1. The first-order valence-corrected chi connectivity index (χ1v) is 17.6. The van der Waals surface area contributed by atoms with Gasteiger partial charge < -0.3 is 46.9 Å². The molecule has 0 aliphatic carbocycles. The van der Waals surface area contributed by atoms with Gasteiger partial charge in [0.05, 0.1) is 55.3 Å². The number of nitro benzene ring substituents is 1. The van der Waals surface area contributed by atoms with Gasteiger partial charge in [0.2, 0.25) is 17.8 Å². The summed E-state index contributed by atoms with van der Waals surface area (Å²) in [6.45, 7) is 0.804. The van der Waals surface area contributed by atoms with Gasteiger partial charge in [-0.2, -0.15) is 4.98 Å². The number of hydrogen-bond donors (Lipinski definition) is 8. The number of fused-ring (bicyclic) bond motifs is 1. The smallest absolute Gasteiger partial charge is 0.326 e. The number of H-pyrrole nitrogens is 1. The second kappa shape index (κ2) is 21.8. The van der Waals surface area contributed by atoms with E-state index >= 15 is 0 Å². The fraction of sp³-hybridized carbons (Fsp3) is 0.343. The van der Waals surface area contributed by atoms with E-state index < -0.39 is 57.3 Å². The molecule has 4 rings (SSSR count). The van der Waals surface area contributed by atoms with E-state index in [2.05, 4.69) is 46.5 Å². The number of anilines is 2. The van der Waals surface area contributed by atoms with Gasteiger partial charge in [-0.25, -0.2) is 19.2 Å². The Hall–Kier alpha value is -7.14. The summed E-state index contributed by atoms with van der Waals surface area (Å²) in [4.78, 5) is 97.7. The van der Waals surface area contributed by atoms with E-state index in [-0.39, 0.29) is 100 Å². The van der Waals surface area contributed by atoms with Crippen LogP contribution in [0.2, 0.25) is 0 Å². The Bertz CT molecular complexity index is 2170. The molecule has 4 amide bonds. The van der Waals surface area contributed by atoms with Gasteiger partial charge in [-0.05, 0) is 36.8 Å². The number of benzene rings is 2. The molecule has 22 nitrogen and oxygen atoms in total. The molecule has 1 atom stereocenters. The zero-order chi connectivity index (χ0) is 42.0. The molecule has 58 heavy (non-hydrogen) atoms. The Balaban J connectivity index is 1.03. The first-order valence-electron chi connectivity index (χ1n) is 17.6. The largest absolute Gasteiger partial charge is 0.480 e. The van der Waals surface area contributed by atoms with Crippen molar-refractivity contribution in [3.8, 4) is 0 Å². The molecule has 308 valence electrons. The lowest BCUT2D eigenvalue weighted by Gasteiger charge is -2.15. The number of ether oxygens (including phenoxy) is 2. The summed E-state index contributed by atoms with van der Waals surface area (Å²) in [5, 5.41) is 33.5. The van der Waals surface area contributed by atoms with Crippen LogP contribution in [0, 0.1) is 15.9 Å². The number of hydrogen-bond acceptors (Lipinski definition) is 15. The van der Waals surface area contributed by atoms with Crippen molar-refractivity contribution >= 4 is 58.1 Å². The quantitative estimate of drug-likeness (QED) is 0.0278. The first-order chi connectivity index (χ1) is 27.8. The third-order valence-electron chi connectivity index (χ3n) is 7.92. The van der Waals surface area contributed by atoms with Gasteiger partial charge in [0.25, 0.3) is 23.1 Å². The van der Waals surface area contributed by atoms with Gasteiger partial charge in [0, 0.05) is 55.9 Å². The number of nitrogens with two attached hydrogens (primary N) is 1. The highest BCUT2D eigenvalue weighted by molar-refractivity contribution is 5.97. The number of nitrogens with one attached hydrogen (secondary N) is 6. The molecule has 0 fully saturated rings. The molecule has 0 aliphatic rings. The molecule has 1 unspecified atom stereocenters. The van der Waals surface area contributed by atoms with Crippen molar-refractivity contribution in [2.45, 2.75) is 31.8 Å². The van der Waals surface area contributed by atoms with Crippen molar-refractivity contribution in [1.29, 1.82) is 0 Å². The fourth-order valence-electron chi connectivity index (χ4n) is 4.96. The Morgan fingerprint density at radius 3 is 2.28 bits per heavy atom.